The highest BCUT2D eigenvalue weighted by atomic mass is 16.3. The highest BCUT2D eigenvalue weighted by molar-refractivity contribution is 5.89. The monoisotopic (exact) mass is 259 g/mol. The van der Waals surface area contributed by atoms with E-state index >= 15 is 0 Å². The van der Waals surface area contributed by atoms with Gasteiger partial charge in [-0.05, 0) is 31.9 Å². The predicted octanol–water partition coefficient (Wildman–Crippen LogP) is 2.31. The minimum absolute atomic E-state index is 0.0206. The van der Waals surface area contributed by atoms with E-state index in [1.807, 2.05) is 25.2 Å². The largest absolute Gasteiger partial charge is 0.380 e. The Morgan fingerprint density at radius 1 is 1.26 bits per heavy atom. The van der Waals surface area contributed by atoms with Crippen LogP contribution in [0, 0.1) is 0 Å². The molecule has 1 aromatic rings. The van der Waals surface area contributed by atoms with Crippen molar-refractivity contribution in [3.05, 3.63) is 35.9 Å². The molecule has 1 saturated carbocycles. The van der Waals surface area contributed by atoms with Gasteiger partial charge in [0.2, 0.25) is 0 Å². The number of Topliss-reactive ketones (excluding diaryl/α,β-unsaturated/α-hetero) is 1. The molecule has 0 radical (unpaired) electrons. The smallest absolute Gasteiger partial charge is 0.167 e. The number of likely N-dealkylation sites (tertiary alicyclic amines) is 1. The third kappa shape index (κ3) is 2.01. The average Bonchev–Trinajstić information content (AvgIpc) is 2.44. The van der Waals surface area contributed by atoms with Gasteiger partial charge in [-0.25, -0.2) is 0 Å². The van der Waals surface area contributed by atoms with Gasteiger partial charge in [0.1, 0.15) is 5.60 Å². The Kier molecular flexibility index (Phi) is 3.19. The third-order valence-electron chi connectivity index (χ3n) is 4.87. The van der Waals surface area contributed by atoms with Gasteiger partial charge >= 0.3 is 0 Å². The van der Waals surface area contributed by atoms with Crippen molar-refractivity contribution in [1.82, 2.24) is 4.90 Å². The predicted molar refractivity (Wildman–Crippen MR) is 73.8 cm³/mol. The Bertz CT molecular complexity index is 473. The van der Waals surface area contributed by atoms with Gasteiger partial charge in [-0.15, -0.1) is 0 Å². The van der Waals surface area contributed by atoms with Crippen molar-refractivity contribution in [2.75, 3.05) is 7.05 Å². The Labute approximate surface area is 114 Å². The maximum atomic E-state index is 12.4. The van der Waals surface area contributed by atoms with Crippen LogP contribution < -0.4 is 0 Å². The number of piperidine rings is 1. The number of likely N-dealkylation sites (N-methyl/N-ethyl adjacent to an activating group) is 1. The Hall–Kier alpha value is -1.19. The van der Waals surface area contributed by atoms with Crippen LogP contribution in [0.25, 0.3) is 0 Å². The first-order chi connectivity index (χ1) is 9.13. The second-order valence-corrected chi connectivity index (χ2v) is 5.91. The summed E-state index contributed by atoms with van der Waals surface area (Å²) in [4.78, 5) is 14.6. The summed E-state index contributed by atoms with van der Waals surface area (Å²) in [5.41, 5.74) is 0.0733. The van der Waals surface area contributed by atoms with Crippen molar-refractivity contribution >= 4 is 5.78 Å². The third-order valence-corrected chi connectivity index (χ3v) is 4.87. The maximum Gasteiger partial charge on any atom is 0.167 e. The Balaban J connectivity index is 1.93. The summed E-state index contributed by atoms with van der Waals surface area (Å²) in [5.74, 6) is 0.0316. The minimum atomic E-state index is -1.10. The van der Waals surface area contributed by atoms with E-state index in [-0.39, 0.29) is 17.9 Å². The molecule has 1 aliphatic carbocycles. The van der Waals surface area contributed by atoms with Gasteiger partial charge in [0, 0.05) is 18.5 Å². The van der Waals surface area contributed by atoms with E-state index in [2.05, 4.69) is 17.0 Å². The SMILES string of the molecule is CN1[C@@H](c2ccccc2)CC(=O)[C@@]2(O)CCCC[C@H]12. The fourth-order valence-electron chi connectivity index (χ4n) is 3.75. The van der Waals surface area contributed by atoms with Crippen molar-refractivity contribution < 1.29 is 9.90 Å². The number of nitrogens with zero attached hydrogens (tertiary/aromatic N) is 1. The molecule has 2 aliphatic rings. The van der Waals surface area contributed by atoms with Gasteiger partial charge in [0.25, 0.3) is 0 Å². The van der Waals surface area contributed by atoms with E-state index in [9.17, 15) is 9.90 Å². The van der Waals surface area contributed by atoms with Crippen LogP contribution in [0.1, 0.15) is 43.7 Å². The summed E-state index contributed by atoms with van der Waals surface area (Å²) in [6, 6.07) is 10.2. The molecule has 1 aromatic carbocycles. The van der Waals surface area contributed by atoms with Crippen LogP contribution in [0.5, 0.6) is 0 Å². The van der Waals surface area contributed by atoms with Gasteiger partial charge in [0.15, 0.2) is 5.78 Å². The number of ketones is 1. The van der Waals surface area contributed by atoms with E-state index in [1.165, 1.54) is 5.56 Å². The van der Waals surface area contributed by atoms with Gasteiger partial charge in [-0.2, -0.15) is 0 Å². The second-order valence-electron chi connectivity index (χ2n) is 5.91. The molecule has 1 heterocycles. The van der Waals surface area contributed by atoms with Crippen LogP contribution in [0.4, 0.5) is 0 Å². The van der Waals surface area contributed by atoms with E-state index in [0.717, 1.165) is 19.3 Å². The van der Waals surface area contributed by atoms with Crippen molar-refractivity contribution in [2.24, 2.45) is 0 Å². The lowest BCUT2D eigenvalue weighted by atomic mass is 9.71. The van der Waals surface area contributed by atoms with Crippen LogP contribution in [0.15, 0.2) is 30.3 Å². The van der Waals surface area contributed by atoms with Gasteiger partial charge in [0.05, 0.1) is 0 Å². The summed E-state index contributed by atoms with van der Waals surface area (Å²) in [6.45, 7) is 0. The fourth-order valence-corrected chi connectivity index (χ4v) is 3.75. The summed E-state index contributed by atoms with van der Waals surface area (Å²) in [6.07, 6.45) is 4.03. The van der Waals surface area contributed by atoms with E-state index in [0.29, 0.717) is 12.8 Å². The zero-order valence-electron chi connectivity index (χ0n) is 11.4. The molecule has 0 spiro atoms. The zero-order chi connectivity index (χ0) is 13.5. The molecule has 102 valence electrons. The lowest BCUT2D eigenvalue weighted by molar-refractivity contribution is -0.162. The minimum Gasteiger partial charge on any atom is -0.380 e. The van der Waals surface area contributed by atoms with Crippen LogP contribution in [-0.4, -0.2) is 34.5 Å². The van der Waals surface area contributed by atoms with E-state index in [4.69, 9.17) is 0 Å². The molecule has 0 aromatic heterocycles. The molecule has 1 N–H and O–H groups in total. The average molecular weight is 259 g/mol. The van der Waals surface area contributed by atoms with Crippen LogP contribution in [-0.2, 0) is 4.79 Å². The van der Waals surface area contributed by atoms with Gasteiger partial charge < -0.3 is 5.11 Å². The Morgan fingerprint density at radius 2 is 2.00 bits per heavy atom. The highest BCUT2D eigenvalue weighted by Crippen LogP contribution is 2.42. The first-order valence-corrected chi connectivity index (χ1v) is 7.15. The molecule has 0 amide bonds. The number of aliphatic hydroxyl groups is 1. The highest BCUT2D eigenvalue weighted by Gasteiger charge is 2.52. The number of hydrogen-bond acceptors (Lipinski definition) is 3. The van der Waals surface area contributed by atoms with Crippen molar-refractivity contribution in [3.8, 4) is 0 Å². The van der Waals surface area contributed by atoms with Crippen LogP contribution >= 0.6 is 0 Å². The Morgan fingerprint density at radius 3 is 2.74 bits per heavy atom. The molecule has 2 fully saturated rings. The molecule has 3 rings (SSSR count). The molecule has 1 saturated heterocycles. The molecule has 3 heteroatoms. The lowest BCUT2D eigenvalue weighted by Gasteiger charge is -2.50. The second kappa shape index (κ2) is 4.73. The lowest BCUT2D eigenvalue weighted by Crippen LogP contribution is -2.62. The van der Waals surface area contributed by atoms with Crippen molar-refractivity contribution in [3.63, 3.8) is 0 Å². The summed E-state index contributed by atoms with van der Waals surface area (Å²) >= 11 is 0. The van der Waals surface area contributed by atoms with Crippen molar-refractivity contribution in [1.29, 1.82) is 0 Å². The number of carbonyl (C=O) groups is 1. The first-order valence-electron chi connectivity index (χ1n) is 7.15. The van der Waals surface area contributed by atoms with Crippen LogP contribution in [0.3, 0.4) is 0 Å². The number of hydrogen-bond donors (Lipinski definition) is 1. The molecule has 1 aliphatic heterocycles. The molecule has 3 atom stereocenters. The maximum absolute atomic E-state index is 12.4. The van der Waals surface area contributed by atoms with Gasteiger partial charge in [-0.3, -0.25) is 9.69 Å². The number of benzene rings is 1. The van der Waals surface area contributed by atoms with E-state index < -0.39 is 5.60 Å². The summed E-state index contributed by atoms with van der Waals surface area (Å²) < 4.78 is 0. The van der Waals surface area contributed by atoms with E-state index in [1.54, 1.807) is 0 Å². The fraction of sp³-hybridized carbons (Fsp3) is 0.562. The standard InChI is InChI=1S/C16H21NO2/c1-17-13(12-7-3-2-4-8-12)11-15(18)16(19)10-6-5-9-14(16)17/h2-4,7-8,13-14,19H,5-6,9-11H2,1H3/t13-,14+,16-/m1/s1. The molecule has 3 nitrogen and oxygen atoms in total. The van der Waals surface area contributed by atoms with Crippen molar-refractivity contribution in [2.45, 2.75) is 49.8 Å². The quantitative estimate of drug-likeness (QED) is 0.841. The summed E-state index contributed by atoms with van der Waals surface area (Å²) in [7, 11) is 2.05. The molecule has 19 heavy (non-hydrogen) atoms. The molecular weight excluding hydrogens is 238 g/mol. The summed E-state index contributed by atoms with van der Waals surface area (Å²) in [5, 5.41) is 10.7. The molecule has 0 bridgehead atoms. The topological polar surface area (TPSA) is 40.5 Å². The number of carbonyl (C=O) groups excluding carboxylic acids is 1. The molecular formula is C16H21NO2. The zero-order valence-corrected chi connectivity index (χ0v) is 11.4. The van der Waals surface area contributed by atoms with Gasteiger partial charge in [-0.1, -0.05) is 36.8 Å². The van der Waals surface area contributed by atoms with Crippen LogP contribution in [0.2, 0.25) is 0 Å². The normalized spacial score (nSPS) is 36.0. The number of rotatable bonds is 1. The molecule has 0 unspecified atom stereocenters. The number of fused-ring (bicyclic) bond motifs is 1. The first kappa shape index (κ1) is 12.8.